The van der Waals surface area contributed by atoms with Gasteiger partial charge in [0.1, 0.15) is 5.69 Å². The predicted octanol–water partition coefficient (Wildman–Crippen LogP) is -1.73. The van der Waals surface area contributed by atoms with Crippen LogP contribution in [0, 0.1) is 34.2 Å². The fraction of sp³-hybridized carbons (Fsp3) is 0.182. The van der Waals surface area contributed by atoms with Gasteiger partial charge in [-0.25, -0.2) is 4.68 Å². The monoisotopic (exact) mass is 317 g/mol. The summed E-state index contributed by atoms with van der Waals surface area (Å²) in [5.41, 5.74) is 2.29. The summed E-state index contributed by atoms with van der Waals surface area (Å²) < 4.78 is 34.3. The first-order valence-corrected chi connectivity index (χ1v) is 6.76. The van der Waals surface area contributed by atoms with Gasteiger partial charge in [0.05, 0.1) is 25.5 Å². The minimum absolute atomic E-state index is 0.0636. The van der Waals surface area contributed by atoms with E-state index in [1.165, 1.54) is 6.07 Å². The average Bonchev–Trinajstić information content (AvgIpc) is 2.66. The van der Waals surface area contributed by atoms with Crippen molar-refractivity contribution in [2.24, 2.45) is 0 Å². The summed E-state index contributed by atoms with van der Waals surface area (Å²) in [5.74, 6) is 0. The molecule has 1 N–H and O–H groups in total. The topological polar surface area (TPSA) is 150 Å². The SMILES string of the molecule is Cc1cc(C)n(-c2ccccc2[N+](=O)[O-])n1.[O-][Cl+3]([O-])([O-])O. The van der Waals surface area contributed by atoms with Gasteiger partial charge in [-0.15, -0.1) is 0 Å². The second-order valence-corrected chi connectivity index (χ2v) is 4.77. The van der Waals surface area contributed by atoms with Crippen LogP contribution in [-0.2, 0) is 0 Å². The Labute approximate surface area is 121 Å². The lowest BCUT2D eigenvalue weighted by molar-refractivity contribution is -1.92. The summed E-state index contributed by atoms with van der Waals surface area (Å²) >= 11 is 0. The van der Waals surface area contributed by atoms with E-state index in [1.54, 1.807) is 22.9 Å². The molecule has 10 heteroatoms. The first kappa shape index (κ1) is 17.0. The molecule has 2 rings (SSSR count). The Kier molecular flexibility index (Phi) is 5.35. The smallest absolute Gasteiger partial charge is 0.258 e. The zero-order valence-corrected chi connectivity index (χ0v) is 11.9. The molecule has 21 heavy (non-hydrogen) atoms. The molecule has 1 heterocycles. The lowest BCUT2D eigenvalue weighted by Crippen LogP contribution is -2.58. The third-order valence-corrected chi connectivity index (χ3v) is 2.32. The van der Waals surface area contributed by atoms with Crippen LogP contribution in [0.3, 0.4) is 0 Å². The van der Waals surface area contributed by atoms with E-state index in [2.05, 4.69) is 5.10 Å². The molecule has 0 amide bonds. The van der Waals surface area contributed by atoms with Gasteiger partial charge >= 0.3 is 0 Å². The quantitative estimate of drug-likeness (QED) is 0.510. The summed E-state index contributed by atoms with van der Waals surface area (Å²) in [6, 6.07) is 8.46. The number of rotatable bonds is 2. The molecule has 9 nitrogen and oxygen atoms in total. The number of aromatic nitrogens is 2. The molecule has 0 unspecified atom stereocenters. The highest BCUT2D eigenvalue weighted by Crippen LogP contribution is 2.23. The summed E-state index contributed by atoms with van der Waals surface area (Å²) in [6.07, 6.45) is 0. The number of halogens is 1. The van der Waals surface area contributed by atoms with E-state index in [-0.39, 0.29) is 5.69 Å². The molecule has 0 spiro atoms. The van der Waals surface area contributed by atoms with Crippen molar-refractivity contribution in [2.75, 3.05) is 0 Å². The molecule has 0 radical (unpaired) electrons. The third kappa shape index (κ3) is 5.45. The fourth-order valence-corrected chi connectivity index (χ4v) is 1.67. The van der Waals surface area contributed by atoms with E-state index >= 15 is 0 Å². The van der Waals surface area contributed by atoms with Gasteiger partial charge in [-0.3, -0.25) is 10.1 Å². The van der Waals surface area contributed by atoms with E-state index in [1.807, 2.05) is 19.9 Å². The predicted molar refractivity (Wildman–Crippen MR) is 61.9 cm³/mol. The molecule has 1 aromatic carbocycles. The molecule has 0 aliphatic heterocycles. The molecular weight excluding hydrogens is 306 g/mol. The summed E-state index contributed by atoms with van der Waals surface area (Å²) in [7, 11) is -4.69. The molecule has 2 aromatic rings. The molecular formula is C11H12ClN3O6. The van der Waals surface area contributed by atoms with Crippen molar-refractivity contribution in [3.05, 3.63) is 51.8 Å². The molecule has 0 aliphatic rings. The number of aryl methyl sites for hydroxylation is 2. The van der Waals surface area contributed by atoms with Crippen molar-refractivity contribution in [2.45, 2.75) is 13.8 Å². The van der Waals surface area contributed by atoms with Crippen LogP contribution in [0.5, 0.6) is 0 Å². The first-order valence-electron chi connectivity index (χ1n) is 5.50. The van der Waals surface area contributed by atoms with E-state index in [0.29, 0.717) is 5.69 Å². The van der Waals surface area contributed by atoms with Crippen LogP contribution in [-0.4, -0.2) is 19.4 Å². The number of hydrogen-bond acceptors (Lipinski definition) is 7. The number of nitrogens with zero attached hydrogens (tertiary/aromatic N) is 3. The third-order valence-electron chi connectivity index (χ3n) is 2.32. The summed E-state index contributed by atoms with van der Waals surface area (Å²) in [6.45, 7) is 3.73. The Morgan fingerprint density at radius 2 is 1.76 bits per heavy atom. The van der Waals surface area contributed by atoms with Crippen molar-refractivity contribution < 1.29 is 33.8 Å². The highest BCUT2D eigenvalue weighted by molar-refractivity contribution is 5.52. The molecule has 114 valence electrons. The van der Waals surface area contributed by atoms with Crippen LogP contribution in [0.15, 0.2) is 30.3 Å². The average molecular weight is 318 g/mol. The minimum atomic E-state index is -4.69. The van der Waals surface area contributed by atoms with Gasteiger partial charge in [0, 0.05) is 11.8 Å². The standard InChI is InChI=1S/C11H11N3O2.ClHO4/c1-8-7-9(2)13(12-8)10-5-3-4-6-11(10)14(15)16;2-1(3,4)5/h3-7H,1-2H3;(H,2,3,4,5). The zero-order valence-electron chi connectivity index (χ0n) is 11.1. The molecule has 1 aromatic heterocycles. The zero-order chi connectivity index (χ0) is 16.2. The highest BCUT2D eigenvalue weighted by Gasteiger charge is 2.16. The molecule has 0 saturated heterocycles. The Balaban J connectivity index is 0.000000383. The largest absolute Gasteiger partial charge is 0.294 e. The maximum absolute atomic E-state index is 10.9. The Bertz CT molecular complexity index is 631. The van der Waals surface area contributed by atoms with Gasteiger partial charge in [-0.05, 0) is 26.0 Å². The maximum Gasteiger partial charge on any atom is 0.294 e. The summed E-state index contributed by atoms with van der Waals surface area (Å²) in [4.78, 5) is 10.5. The molecule has 0 aliphatic carbocycles. The lowest BCUT2D eigenvalue weighted by Gasteiger charge is -2.04. The molecule has 0 bridgehead atoms. The number of benzene rings is 1. The van der Waals surface area contributed by atoms with Crippen molar-refractivity contribution in [3.63, 3.8) is 0 Å². The number of nitro benzene ring substituents is 1. The van der Waals surface area contributed by atoms with E-state index in [9.17, 15) is 10.1 Å². The van der Waals surface area contributed by atoms with Gasteiger partial charge in [0.25, 0.3) is 5.69 Å². The number of para-hydroxylation sites is 2. The number of hydrogen-bond donors (Lipinski definition) is 1. The van der Waals surface area contributed by atoms with Crippen LogP contribution in [0.25, 0.3) is 5.69 Å². The van der Waals surface area contributed by atoms with Crippen LogP contribution < -0.4 is 14.0 Å². The van der Waals surface area contributed by atoms with Gasteiger partial charge in [0.15, 0.2) is 0 Å². The Morgan fingerprint density at radius 1 is 1.24 bits per heavy atom. The van der Waals surface area contributed by atoms with Gasteiger partial charge in [-0.1, -0.05) is 12.1 Å². The highest BCUT2D eigenvalue weighted by atomic mass is 35.7. The first-order chi connectivity index (χ1) is 9.59. The van der Waals surface area contributed by atoms with E-state index in [4.69, 9.17) is 18.6 Å². The van der Waals surface area contributed by atoms with E-state index < -0.39 is 15.2 Å². The molecule has 0 fully saturated rings. The lowest BCUT2D eigenvalue weighted by atomic mass is 10.2. The fourth-order valence-electron chi connectivity index (χ4n) is 1.67. The number of nitro groups is 1. The molecule has 0 atom stereocenters. The van der Waals surface area contributed by atoms with Crippen LogP contribution >= 0.6 is 0 Å². The normalized spacial score (nSPS) is 10.8. The van der Waals surface area contributed by atoms with Crippen molar-refractivity contribution in [1.29, 1.82) is 0 Å². The second-order valence-electron chi connectivity index (χ2n) is 3.98. The Hall–Kier alpha value is -2.04. The minimum Gasteiger partial charge on any atom is -0.258 e. The van der Waals surface area contributed by atoms with Crippen LogP contribution in [0.1, 0.15) is 11.4 Å². The summed E-state index contributed by atoms with van der Waals surface area (Å²) in [5, 5.41) is 15.1. The van der Waals surface area contributed by atoms with Gasteiger partial charge in [0.2, 0.25) is 0 Å². The van der Waals surface area contributed by atoms with Crippen LogP contribution in [0.2, 0.25) is 0 Å². The van der Waals surface area contributed by atoms with Gasteiger partial charge < -0.3 is 0 Å². The van der Waals surface area contributed by atoms with E-state index in [0.717, 1.165) is 11.4 Å². The van der Waals surface area contributed by atoms with Crippen molar-refractivity contribution in [3.8, 4) is 5.69 Å². The van der Waals surface area contributed by atoms with Crippen molar-refractivity contribution in [1.82, 2.24) is 9.78 Å². The molecule has 0 saturated carbocycles. The van der Waals surface area contributed by atoms with Crippen molar-refractivity contribution >= 4 is 5.69 Å². The Morgan fingerprint density at radius 3 is 2.19 bits per heavy atom. The second kappa shape index (κ2) is 6.61. The van der Waals surface area contributed by atoms with Gasteiger partial charge in [-0.2, -0.15) is 19.1 Å². The van der Waals surface area contributed by atoms with Crippen LogP contribution in [0.4, 0.5) is 5.69 Å². The maximum atomic E-state index is 10.9.